The number of fused-ring (bicyclic) bond motifs is 1. The standard InChI is InChI=1S/C12H15N3O/c1-2-8-7-9-5-3-4-6-10(9)11(8)14-15-12(13)16/h3-6,8H,2,7H2,1H3,(H3,13,15,16)/b14-11+. The predicted octanol–water partition coefficient (Wildman–Crippen LogP) is 1.64. The maximum atomic E-state index is 10.7. The van der Waals surface area contributed by atoms with E-state index in [2.05, 4.69) is 23.5 Å². The monoisotopic (exact) mass is 217 g/mol. The smallest absolute Gasteiger partial charge is 0.332 e. The van der Waals surface area contributed by atoms with Gasteiger partial charge in [-0.15, -0.1) is 0 Å². The Morgan fingerprint density at radius 2 is 2.31 bits per heavy atom. The Bertz CT molecular complexity index is 440. The summed E-state index contributed by atoms with van der Waals surface area (Å²) in [6.45, 7) is 2.12. The van der Waals surface area contributed by atoms with E-state index in [1.165, 1.54) is 5.56 Å². The molecule has 1 unspecified atom stereocenters. The molecule has 4 nitrogen and oxygen atoms in total. The van der Waals surface area contributed by atoms with E-state index in [1.807, 2.05) is 18.2 Å². The lowest BCUT2D eigenvalue weighted by atomic mass is 10.0. The van der Waals surface area contributed by atoms with Crippen molar-refractivity contribution < 1.29 is 4.79 Å². The minimum atomic E-state index is -0.619. The Hall–Kier alpha value is -1.84. The topological polar surface area (TPSA) is 67.5 Å². The minimum Gasteiger partial charge on any atom is -0.350 e. The van der Waals surface area contributed by atoms with Gasteiger partial charge in [0.25, 0.3) is 0 Å². The molecule has 4 heteroatoms. The lowest BCUT2D eigenvalue weighted by Crippen LogP contribution is -2.27. The molecule has 1 aliphatic rings. The first kappa shape index (κ1) is 10.7. The molecule has 1 atom stereocenters. The van der Waals surface area contributed by atoms with Crippen molar-refractivity contribution in [1.29, 1.82) is 0 Å². The number of primary amides is 1. The van der Waals surface area contributed by atoms with Crippen LogP contribution in [0.4, 0.5) is 4.79 Å². The van der Waals surface area contributed by atoms with Crippen LogP contribution in [0.1, 0.15) is 24.5 Å². The van der Waals surface area contributed by atoms with Crippen molar-refractivity contribution in [3.63, 3.8) is 0 Å². The van der Waals surface area contributed by atoms with Gasteiger partial charge in [-0.05, 0) is 18.4 Å². The molecule has 1 aromatic carbocycles. The molecular formula is C12H15N3O. The Morgan fingerprint density at radius 3 is 3.00 bits per heavy atom. The Morgan fingerprint density at radius 1 is 1.56 bits per heavy atom. The fraction of sp³-hybridized carbons (Fsp3) is 0.333. The Balaban J connectivity index is 2.34. The number of hydrogen-bond acceptors (Lipinski definition) is 2. The van der Waals surface area contributed by atoms with Crippen LogP contribution in [0, 0.1) is 5.92 Å². The SMILES string of the molecule is CCC1Cc2ccccc2/C1=N/NC(N)=O. The van der Waals surface area contributed by atoms with Gasteiger partial charge in [-0.25, -0.2) is 10.2 Å². The second-order valence-electron chi connectivity index (χ2n) is 3.94. The fourth-order valence-corrected chi connectivity index (χ4v) is 2.13. The quantitative estimate of drug-likeness (QED) is 0.726. The summed E-state index contributed by atoms with van der Waals surface area (Å²) < 4.78 is 0. The molecule has 0 saturated carbocycles. The maximum absolute atomic E-state index is 10.7. The average molecular weight is 217 g/mol. The molecule has 0 saturated heterocycles. The van der Waals surface area contributed by atoms with Crippen LogP contribution in [0.15, 0.2) is 29.4 Å². The predicted molar refractivity (Wildman–Crippen MR) is 63.2 cm³/mol. The van der Waals surface area contributed by atoms with E-state index >= 15 is 0 Å². The Labute approximate surface area is 94.5 Å². The van der Waals surface area contributed by atoms with Crippen LogP contribution in [0.5, 0.6) is 0 Å². The molecule has 0 spiro atoms. The molecule has 0 fully saturated rings. The highest BCUT2D eigenvalue weighted by atomic mass is 16.2. The molecule has 2 amide bonds. The fourth-order valence-electron chi connectivity index (χ4n) is 2.13. The molecule has 16 heavy (non-hydrogen) atoms. The second kappa shape index (κ2) is 4.35. The van der Waals surface area contributed by atoms with Crippen LogP contribution in [0.25, 0.3) is 0 Å². The lowest BCUT2D eigenvalue weighted by molar-refractivity contribution is 0.249. The summed E-state index contributed by atoms with van der Waals surface area (Å²) in [7, 11) is 0. The number of nitrogens with two attached hydrogens (primary N) is 1. The average Bonchev–Trinajstić information content (AvgIpc) is 2.64. The first-order chi connectivity index (χ1) is 7.72. The molecule has 0 aromatic heterocycles. The van der Waals surface area contributed by atoms with Crippen molar-refractivity contribution in [3.8, 4) is 0 Å². The van der Waals surface area contributed by atoms with Crippen molar-refractivity contribution in [2.45, 2.75) is 19.8 Å². The Kier molecular flexibility index (Phi) is 2.90. The van der Waals surface area contributed by atoms with E-state index in [0.29, 0.717) is 5.92 Å². The highest BCUT2D eigenvalue weighted by Gasteiger charge is 2.26. The van der Waals surface area contributed by atoms with E-state index in [-0.39, 0.29) is 0 Å². The lowest BCUT2D eigenvalue weighted by Gasteiger charge is -2.07. The summed E-state index contributed by atoms with van der Waals surface area (Å²) in [5, 5.41) is 4.11. The molecule has 1 aliphatic carbocycles. The van der Waals surface area contributed by atoms with Gasteiger partial charge >= 0.3 is 6.03 Å². The van der Waals surface area contributed by atoms with Crippen molar-refractivity contribution in [1.82, 2.24) is 5.43 Å². The molecular weight excluding hydrogens is 202 g/mol. The third-order valence-electron chi connectivity index (χ3n) is 2.93. The van der Waals surface area contributed by atoms with Crippen molar-refractivity contribution in [2.75, 3.05) is 0 Å². The summed E-state index contributed by atoms with van der Waals surface area (Å²) in [5.41, 5.74) is 10.7. The third-order valence-corrected chi connectivity index (χ3v) is 2.93. The van der Waals surface area contributed by atoms with Crippen LogP contribution in [0.3, 0.4) is 0 Å². The van der Waals surface area contributed by atoms with Crippen LogP contribution in [-0.4, -0.2) is 11.7 Å². The largest absolute Gasteiger partial charge is 0.350 e. The molecule has 1 aromatic rings. The summed E-state index contributed by atoms with van der Waals surface area (Å²) in [4.78, 5) is 10.7. The van der Waals surface area contributed by atoms with Gasteiger partial charge in [0, 0.05) is 11.5 Å². The van der Waals surface area contributed by atoms with Gasteiger partial charge in [-0.2, -0.15) is 5.10 Å². The number of hydrogen-bond donors (Lipinski definition) is 2. The van der Waals surface area contributed by atoms with Crippen LogP contribution >= 0.6 is 0 Å². The zero-order valence-corrected chi connectivity index (χ0v) is 9.23. The van der Waals surface area contributed by atoms with E-state index in [9.17, 15) is 4.79 Å². The van der Waals surface area contributed by atoms with E-state index in [4.69, 9.17) is 5.73 Å². The van der Waals surface area contributed by atoms with Gasteiger partial charge in [-0.1, -0.05) is 31.2 Å². The number of benzene rings is 1. The van der Waals surface area contributed by atoms with Crippen LogP contribution < -0.4 is 11.2 Å². The van der Waals surface area contributed by atoms with Crippen LogP contribution in [0.2, 0.25) is 0 Å². The molecule has 3 N–H and O–H groups in total. The zero-order chi connectivity index (χ0) is 11.5. The summed E-state index contributed by atoms with van der Waals surface area (Å²) in [6, 6.07) is 7.52. The number of rotatable bonds is 2. The van der Waals surface area contributed by atoms with Gasteiger partial charge in [0.15, 0.2) is 0 Å². The highest BCUT2D eigenvalue weighted by Crippen LogP contribution is 2.28. The highest BCUT2D eigenvalue weighted by molar-refractivity contribution is 6.06. The van der Waals surface area contributed by atoms with E-state index in [1.54, 1.807) is 0 Å². The third kappa shape index (κ3) is 1.91. The van der Waals surface area contributed by atoms with E-state index in [0.717, 1.165) is 24.1 Å². The molecule has 0 radical (unpaired) electrons. The summed E-state index contributed by atoms with van der Waals surface area (Å²) in [5.74, 6) is 0.379. The first-order valence-electron chi connectivity index (χ1n) is 5.43. The van der Waals surface area contributed by atoms with Crippen molar-refractivity contribution in [3.05, 3.63) is 35.4 Å². The molecule has 0 aliphatic heterocycles. The van der Waals surface area contributed by atoms with Gasteiger partial charge in [0.1, 0.15) is 0 Å². The molecule has 0 heterocycles. The molecule has 0 bridgehead atoms. The molecule has 2 rings (SSSR count). The normalized spacial score (nSPS) is 20.8. The summed E-state index contributed by atoms with van der Waals surface area (Å²) in [6.07, 6.45) is 2.00. The van der Waals surface area contributed by atoms with Gasteiger partial charge in [0.05, 0.1) is 5.71 Å². The number of nitrogens with zero attached hydrogens (tertiary/aromatic N) is 1. The zero-order valence-electron chi connectivity index (χ0n) is 9.23. The van der Waals surface area contributed by atoms with Gasteiger partial charge in [-0.3, -0.25) is 0 Å². The minimum absolute atomic E-state index is 0.379. The number of hydrazone groups is 1. The van der Waals surface area contributed by atoms with Gasteiger partial charge < -0.3 is 5.73 Å². The summed E-state index contributed by atoms with van der Waals surface area (Å²) >= 11 is 0. The first-order valence-corrected chi connectivity index (χ1v) is 5.43. The number of carbonyl (C=O) groups excluding carboxylic acids is 1. The van der Waals surface area contributed by atoms with Gasteiger partial charge in [0.2, 0.25) is 0 Å². The molecule has 84 valence electrons. The number of carbonyl (C=O) groups is 1. The van der Waals surface area contributed by atoms with Crippen LogP contribution in [-0.2, 0) is 6.42 Å². The maximum Gasteiger partial charge on any atom is 0.332 e. The number of amides is 2. The number of nitrogens with one attached hydrogen (secondary N) is 1. The second-order valence-corrected chi connectivity index (χ2v) is 3.94. The van der Waals surface area contributed by atoms with E-state index < -0.39 is 6.03 Å². The van der Waals surface area contributed by atoms with Crippen molar-refractivity contribution >= 4 is 11.7 Å². The number of urea groups is 1. The van der Waals surface area contributed by atoms with Crippen molar-refractivity contribution in [2.24, 2.45) is 16.8 Å².